The highest BCUT2D eigenvalue weighted by molar-refractivity contribution is 5.26. The first-order valence-corrected chi connectivity index (χ1v) is 7.01. The largest absolute Gasteiger partial charge is 0.497 e. The molecule has 21 heavy (non-hydrogen) atoms. The Morgan fingerprint density at radius 1 is 1.24 bits per heavy atom. The van der Waals surface area contributed by atoms with Crippen molar-refractivity contribution in [2.24, 2.45) is 0 Å². The van der Waals surface area contributed by atoms with Crippen molar-refractivity contribution >= 4 is 0 Å². The molecule has 0 aromatic carbocycles. The van der Waals surface area contributed by atoms with Gasteiger partial charge in [-0.2, -0.15) is 0 Å². The van der Waals surface area contributed by atoms with Gasteiger partial charge in [-0.3, -0.25) is 4.98 Å². The SMILES string of the molecule is COc1cc(C)nc(Cn2cc(CNC(C)(C)C)nn2)c1. The first kappa shape index (κ1) is 15.4. The van der Waals surface area contributed by atoms with E-state index in [1.807, 2.05) is 25.3 Å². The number of nitrogens with one attached hydrogen (secondary N) is 1. The molecule has 6 nitrogen and oxygen atoms in total. The van der Waals surface area contributed by atoms with E-state index in [-0.39, 0.29) is 5.54 Å². The zero-order valence-corrected chi connectivity index (χ0v) is 13.3. The van der Waals surface area contributed by atoms with Crippen LogP contribution in [0.15, 0.2) is 18.3 Å². The maximum absolute atomic E-state index is 5.26. The lowest BCUT2D eigenvalue weighted by Crippen LogP contribution is -2.35. The molecular weight excluding hydrogens is 266 g/mol. The van der Waals surface area contributed by atoms with Crippen molar-refractivity contribution in [2.75, 3.05) is 7.11 Å². The number of aromatic nitrogens is 4. The van der Waals surface area contributed by atoms with Crippen molar-refractivity contribution in [3.8, 4) is 5.75 Å². The maximum Gasteiger partial charge on any atom is 0.122 e. The monoisotopic (exact) mass is 289 g/mol. The van der Waals surface area contributed by atoms with Crippen LogP contribution < -0.4 is 10.1 Å². The quantitative estimate of drug-likeness (QED) is 0.911. The molecule has 0 spiro atoms. The van der Waals surface area contributed by atoms with Gasteiger partial charge in [0.2, 0.25) is 0 Å². The van der Waals surface area contributed by atoms with Crippen LogP contribution in [0.2, 0.25) is 0 Å². The van der Waals surface area contributed by atoms with E-state index in [2.05, 4.69) is 41.4 Å². The van der Waals surface area contributed by atoms with Crippen LogP contribution in [0.5, 0.6) is 5.75 Å². The number of nitrogens with zero attached hydrogens (tertiary/aromatic N) is 4. The Kier molecular flexibility index (Phi) is 4.57. The van der Waals surface area contributed by atoms with Crippen LogP contribution in [0.4, 0.5) is 0 Å². The molecule has 1 N–H and O–H groups in total. The smallest absolute Gasteiger partial charge is 0.122 e. The van der Waals surface area contributed by atoms with Crippen LogP contribution in [0, 0.1) is 6.92 Å². The normalized spacial score (nSPS) is 11.7. The summed E-state index contributed by atoms with van der Waals surface area (Å²) in [6.45, 7) is 9.61. The van der Waals surface area contributed by atoms with Gasteiger partial charge in [0, 0.05) is 29.9 Å². The van der Waals surface area contributed by atoms with E-state index in [0.29, 0.717) is 13.1 Å². The minimum atomic E-state index is 0.0647. The number of pyridine rings is 1. The summed E-state index contributed by atoms with van der Waals surface area (Å²) in [6, 6.07) is 3.82. The summed E-state index contributed by atoms with van der Waals surface area (Å²) >= 11 is 0. The summed E-state index contributed by atoms with van der Waals surface area (Å²) < 4.78 is 7.05. The number of methoxy groups -OCH3 is 1. The third-order valence-electron chi connectivity index (χ3n) is 2.93. The second-order valence-corrected chi connectivity index (χ2v) is 6.15. The van der Waals surface area contributed by atoms with E-state index in [0.717, 1.165) is 22.8 Å². The first-order valence-electron chi connectivity index (χ1n) is 7.01. The van der Waals surface area contributed by atoms with Crippen LogP contribution >= 0.6 is 0 Å². The zero-order valence-electron chi connectivity index (χ0n) is 13.3. The fraction of sp³-hybridized carbons (Fsp3) is 0.533. The molecule has 0 amide bonds. The molecule has 2 heterocycles. The molecule has 0 aliphatic carbocycles. The summed E-state index contributed by atoms with van der Waals surface area (Å²) in [5.74, 6) is 0.812. The Morgan fingerprint density at radius 3 is 2.67 bits per heavy atom. The van der Waals surface area contributed by atoms with E-state index in [9.17, 15) is 0 Å². The molecule has 0 aliphatic heterocycles. The van der Waals surface area contributed by atoms with Crippen molar-refractivity contribution in [3.63, 3.8) is 0 Å². The van der Waals surface area contributed by atoms with Gasteiger partial charge >= 0.3 is 0 Å². The summed E-state index contributed by atoms with van der Waals surface area (Å²) in [4.78, 5) is 4.49. The highest BCUT2D eigenvalue weighted by Crippen LogP contribution is 2.14. The van der Waals surface area contributed by atoms with Crippen LogP contribution in [0.3, 0.4) is 0 Å². The molecule has 0 saturated heterocycles. The average molecular weight is 289 g/mol. The molecule has 2 aromatic heterocycles. The lowest BCUT2D eigenvalue weighted by Gasteiger charge is -2.19. The van der Waals surface area contributed by atoms with Gasteiger partial charge in [-0.25, -0.2) is 4.68 Å². The molecule has 114 valence electrons. The number of hydrogen-bond acceptors (Lipinski definition) is 5. The Morgan fingerprint density at radius 2 is 2.00 bits per heavy atom. The number of hydrogen-bond donors (Lipinski definition) is 1. The van der Waals surface area contributed by atoms with Gasteiger partial charge in [0.1, 0.15) is 5.75 Å². The Hall–Kier alpha value is -1.95. The van der Waals surface area contributed by atoms with Crippen molar-refractivity contribution < 1.29 is 4.74 Å². The number of rotatable bonds is 5. The summed E-state index contributed by atoms with van der Waals surface area (Å²) in [6.07, 6.45) is 1.94. The van der Waals surface area contributed by atoms with Gasteiger partial charge in [-0.1, -0.05) is 5.21 Å². The molecule has 2 rings (SSSR count). The van der Waals surface area contributed by atoms with Crippen molar-refractivity contribution in [3.05, 3.63) is 35.4 Å². The zero-order chi connectivity index (χ0) is 15.5. The van der Waals surface area contributed by atoms with E-state index in [1.54, 1.807) is 11.8 Å². The van der Waals surface area contributed by atoms with E-state index in [4.69, 9.17) is 4.74 Å². The highest BCUT2D eigenvalue weighted by atomic mass is 16.5. The average Bonchev–Trinajstić information content (AvgIpc) is 2.82. The van der Waals surface area contributed by atoms with Gasteiger partial charge in [0.25, 0.3) is 0 Å². The van der Waals surface area contributed by atoms with Crippen LogP contribution in [0.1, 0.15) is 37.9 Å². The summed E-state index contributed by atoms with van der Waals surface area (Å²) in [7, 11) is 1.66. The molecule has 0 fully saturated rings. The predicted octanol–water partition coefficient (Wildman–Crippen LogP) is 1.93. The fourth-order valence-corrected chi connectivity index (χ4v) is 1.92. The Bertz CT molecular complexity index is 600. The second-order valence-electron chi connectivity index (χ2n) is 6.15. The first-order chi connectivity index (χ1) is 9.85. The second kappa shape index (κ2) is 6.22. The lowest BCUT2D eigenvalue weighted by molar-refractivity contribution is 0.412. The Labute approximate surface area is 125 Å². The van der Waals surface area contributed by atoms with Gasteiger partial charge in [0.05, 0.1) is 31.2 Å². The van der Waals surface area contributed by atoms with Crippen molar-refractivity contribution in [1.29, 1.82) is 0 Å². The van der Waals surface area contributed by atoms with E-state index in [1.165, 1.54) is 0 Å². The fourth-order valence-electron chi connectivity index (χ4n) is 1.92. The van der Waals surface area contributed by atoms with Crippen molar-refractivity contribution in [2.45, 2.75) is 46.3 Å². The standard InChI is InChI=1S/C15H23N5O/c1-11-6-14(21-5)7-12(17-11)9-20-10-13(18-19-20)8-16-15(2,3)4/h6-7,10,16H,8-9H2,1-5H3. The third-order valence-corrected chi connectivity index (χ3v) is 2.93. The van der Waals surface area contributed by atoms with Gasteiger partial charge in [0.15, 0.2) is 0 Å². The summed E-state index contributed by atoms with van der Waals surface area (Å²) in [5.41, 5.74) is 2.82. The molecule has 6 heteroatoms. The Balaban J connectivity index is 2.04. The van der Waals surface area contributed by atoms with Crippen LogP contribution in [-0.2, 0) is 13.1 Å². The third kappa shape index (κ3) is 4.82. The van der Waals surface area contributed by atoms with E-state index < -0.39 is 0 Å². The minimum absolute atomic E-state index is 0.0647. The predicted molar refractivity (Wildman–Crippen MR) is 81.2 cm³/mol. The molecule has 0 bridgehead atoms. The van der Waals surface area contributed by atoms with Crippen LogP contribution in [-0.4, -0.2) is 32.6 Å². The van der Waals surface area contributed by atoms with Gasteiger partial charge in [-0.05, 0) is 27.7 Å². The minimum Gasteiger partial charge on any atom is -0.497 e. The lowest BCUT2D eigenvalue weighted by atomic mass is 10.1. The highest BCUT2D eigenvalue weighted by Gasteiger charge is 2.10. The van der Waals surface area contributed by atoms with E-state index >= 15 is 0 Å². The molecule has 0 saturated carbocycles. The van der Waals surface area contributed by atoms with Crippen LogP contribution in [0.25, 0.3) is 0 Å². The molecule has 0 radical (unpaired) electrons. The number of aryl methyl sites for hydroxylation is 1. The molecule has 0 unspecified atom stereocenters. The van der Waals surface area contributed by atoms with Crippen molar-refractivity contribution in [1.82, 2.24) is 25.3 Å². The number of ether oxygens (including phenoxy) is 1. The maximum atomic E-state index is 5.26. The summed E-state index contributed by atoms with van der Waals surface area (Å²) in [5, 5.41) is 11.7. The topological polar surface area (TPSA) is 64.9 Å². The molecular formula is C15H23N5O. The molecule has 2 aromatic rings. The molecule has 0 atom stereocenters. The molecule has 0 aliphatic rings. The van der Waals surface area contributed by atoms with Gasteiger partial charge in [-0.15, -0.1) is 5.10 Å². The van der Waals surface area contributed by atoms with Gasteiger partial charge < -0.3 is 10.1 Å².